The van der Waals surface area contributed by atoms with Crippen LogP contribution in [0.15, 0.2) is 24.5 Å². The molecule has 0 fully saturated rings. The third-order valence-electron chi connectivity index (χ3n) is 2.48. The van der Waals surface area contributed by atoms with Crippen LogP contribution in [-0.2, 0) is 6.18 Å². The Morgan fingerprint density at radius 2 is 1.95 bits per heavy atom. The number of nitrogens with zero attached hydrogens (tertiary/aromatic N) is 3. The van der Waals surface area contributed by atoms with Crippen molar-refractivity contribution in [2.24, 2.45) is 0 Å². The van der Waals surface area contributed by atoms with Gasteiger partial charge in [0, 0.05) is 17.8 Å². The number of aromatic nitrogens is 3. The fourth-order valence-electron chi connectivity index (χ4n) is 1.60. The number of nitrogens with two attached hydrogens (primary N) is 1. The molecule has 2 aromatic heterocycles. The molecule has 2 rings (SSSR count). The molecule has 2 aromatic rings. The molecular weight excluding hydrogens is 285 g/mol. The summed E-state index contributed by atoms with van der Waals surface area (Å²) in [5, 5.41) is 0. The van der Waals surface area contributed by atoms with Gasteiger partial charge in [-0.15, -0.1) is 0 Å². The third kappa shape index (κ3) is 3.80. The van der Waals surface area contributed by atoms with Crippen molar-refractivity contribution in [1.29, 1.82) is 0 Å². The Bertz CT molecular complexity index is 631. The summed E-state index contributed by atoms with van der Waals surface area (Å²) in [4.78, 5) is 10.6. The van der Waals surface area contributed by atoms with Gasteiger partial charge in [-0.25, -0.2) is 9.97 Å². The summed E-state index contributed by atoms with van der Waals surface area (Å²) in [6.07, 6.45) is -0.980. The van der Waals surface area contributed by atoms with Crippen LogP contribution in [0.25, 0.3) is 11.3 Å². The maximum atomic E-state index is 12.7. The number of rotatable bonds is 4. The van der Waals surface area contributed by atoms with Gasteiger partial charge in [-0.3, -0.25) is 4.98 Å². The largest absolute Gasteiger partial charge is 0.492 e. The summed E-state index contributed by atoms with van der Waals surface area (Å²) in [6.45, 7) is 2.43. The number of halogens is 3. The van der Waals surface area contributed by atoms with E-state index in [1.807, 2.05) is 6.92 Å². The first-order chi connectivity index (χ1) is 9.90. The van der Waals surface area contributed by atoms with Crippen molar-refractivity contribution in [2.75, 3.05) is 12.3 Å². The van der Waals surface area contributed by atoms with Gasteiger partial charge < -0.3 is 10.5 Å². The Balaban J connectivity index is 2.40. The van der Waals surface area contributed by atoms with Gasteiger partial charge in [0.1, 0.15) is 11.6 Å². The van der Waals surface area contributed by atoms with E-state index >= 15 is 0 Å². The normalized spacial score (nSPS) is 11.4. The maximum absolute atomic E-state index is 12.7. The molecule has 112 valence electrons. The Labute approximate surface area is 119 Å². The van der Waals surface area contributed by atoms with Crippen molar-refractivity contribution in [3.8, 4) is 17.0 Å². The first-order valence-electron chi connectivity index (χ1n) is 6.20. The lowest BCUT2D eigenvalue weighted by molar-refractivity contribution is -0.144. The van der Waals surface area contributed by atoms with E-state index in [1.54, 1.807) is 6.07 Å². The van der Waals surface area contributed by atoms with Crippen LogP contribution in [0.4, 0.5) is 19.0 Å². The number of hydrogen-bond donors (Lipinski definition) is 1. The van der Waals surface area contributed by atoms with Gasteiger partial charge in [0.2, 0.25) is 5.82 Å². The van der Waals surface area contributed by atoms with Crippen LogP contribution >= 0.6 is 0 Å². The zero-order valence-electron chi connectivity index (χ0n) is 11.2. The van der Waals surface area contributed by atoms with Gasteiger partial charge in [-0.1, -0.05) is 6.92 Å². The molecule has 0 aliphatic carbocycles. The van der Waals surface area contributed by atoms with Crippen LogP contribution in [0.1, 0.15) is 19.2 Å². The van der Waals surface area contributed by atoms with Crippen LogP contribution in [0.3, 0.4) is 0 Å². The molecule has 0 saturated carbocycles. The van der Waals surface area contributed by atoms with Gasteiger partial charge in [0.05, 0.1) is 18.5 Å². The Morgan fingerprint density at radius 3 is 2.62 bits per heavy atom. The van der Waals surface area contributed by atoms with Crippen LogP contribution in [0, 0.1) is 0 Å². The average molecular weight is 298 g/mol. The second-order valence-corrected chi connectivity index (χ2v) is 4.26. The molecule has 0 radical (unpaired) electrons. The van der Waals surface area contributed by atoms with E-state index in [1.165, 1.54) is 18.5 Å². The van der Waals surface area contributed by atoms with Gasteiger partial charge in [0.25, 0.3) is 0 Å². The molecule has 0 aliphatic rings. The van der Waals surface area contributed by atoms with Gasteiger partial charge in [0.15, 0.2) is 0 Å². The molecule has 0 atom stereocenters. The molecule has 5 nitrogen and oxygen atoms in total. The highest BCUT2D eigenvalue weighted by atomic mass is 19.4. The highest BCUT2D eigenvalue weighted by molar-refractivity contribution is 5.62. The monoisotopic (exact) mass is 298 g/mol. The van der Waals surface area contributed by atoms with Crippen molar-refractivity contribution >= 4 is 5.82 Å². The van der Waals surface area contributed by atoms with Crippen molar-refractivity contribution < 1.29 is 17.9 Å². The topological polar surface area (TPSA) is 73.9 Å². The second kappa shape index (κ2) is 5.94. The Hall–Kier alpha value is -2.38. The number of alkyl halides is 3. The van der Waals surface area contributed by atoms with E-state index in [0.717, 1.165) is 6.42 Å². The predicted octanol–water partition coefficient (Wildman–Crippen LogP) is 2.93. The summed E-state index contributed by atoms with van der Waals surface area (Å²) in [6, 6.07) is 2.82. The smallest absolute Gasteiger partial charge is 0.451 e. The van der Waals surface area contributed by atoms with E-state index in [9.17, 15) is 13.2 Å². The minimum Gasteiger partial charge on any atom is -0.492 e. The van der Waals surface area contributed by atoms with E-state index in [2.05, 4.69) is 15.0 Å². The Morgan fingerprint density at radius 1 is 1.19 bits per heavy atom. The highest BCUT2D eigenvalue weighted by Crippen LogP contribution is 2.29. The molecule has 0 saturated heterocycles. The highest BCUT2D eigenvalue weighted by Gasteiger charge is 2.35. The van der Waals surface area contributed by atoms with E-state index in [-0.39, 0.29) is 11.5 Å². The minimum absolute atomic E-state index is 0.0456. The zero-order valence-corrected chi connectivity index (χ0v) is 11.2. The van der Waals surface area contributed by atoms with Gasteiger partial charge in [-0.05, 0) is 12.5 Å². The molecule has 0 bridgehead atoms. The van der Waals surface area contributed by atoms with Crippen LogP contribution in [-0.4, -0.2) is 21.6 Å². The van der Waals surface area contributed by atoms with Crippen LogP contribution < -0.4 is 10.5 Å². The summed E-state index contributed by atoms with van der Waals surface area (Å²) < 4.78 is 43.5. The molecule has 2 N–H and O–H groups in total. The van der Waals surface area contributed by atoms with Gasteiger partial charge >= 0.3 is 6.18 Å². The van der Waals surface area contributed by atoms with E-state index in [4.69, 9.17) is 10.5 Å². The SMILES string of the molecule is CCCOc1cncc(-c2cc(N)nc(C(F)(F)F)n2)c1. The number of nitrogen functional groups attached to an aromatic ring is 1. The molecule has 21 heavy (non-hydrogen) atoms. The summed E-state index contributed by atoms with van der Waals surface area (Å²) in [5.41, 5.74) is 5.83. The maximum Gasteiger partial charge on any atom is 0.451 e. The summed E-state index contributed by atoms with van der Waals surface area (Å²) in [7, 11) is 0. The van der Waals surface area contributed by atoms with E-state index < -0.39 is 12.0 Å². The molecule has 0 unspecified atom stereocenters. The number of hydrogen-bond acceptors (Lipinski definition) is 5. The number of ether oxygens (including phenoxy) is 1. The lowest BCUT2D eigenvalue weighted by Gasteiger charge is -2.09. The Kier molecular flexibility index (Phi) is 4.25. The fraction of sp³-hybridized carbons (Fsp3) is 0.308. The summed E-state index contributed by atoms with van der Waals surface area (Å²) >= 11 is 0. The van der Waals surface area contributed by atoms with Crippen LogP contribution in [0.2, 0.25) is 0 Å². The molecule has 8 heteroatoms. The number of anilines is 1. The van der Waals surface area contributed by atoms with Crippen molar-refractivity contribution in [3.05, 3.63) is 30.4 Å². The van der Waals surface area contributed by atoms with Gasteiger partial charge in [-0.2, -0.15) is 13.2 Å². The fourth-order valence-corrected chi connectivity index (χ4v) is 1.60. The number of pyridine rings is 1. The van der Waals surface area contributed by atoms with Crippen molar-refractivity contribution in [3.63, 3.8) is 0 Å². The molecular formula is C13H13F3N4O. The second-order valence-electron chi connectivity index (χ2n) is 4.26. The first-order valence-corrected chi connectivity index (χ1v) is 6.20. The lowest BCUT2D eigenvalue weighted by Crippen LogP contribution is -2.13. The van der Waals surface area contributed by atoms with Crippen molar-refractivity contribution in [2.45, 2.75) is 19.5 Å². The predicted molar refractivity (Wildman–Crippen MR) is 70.5 cm³/mol. The minimum atomic E-state index is -4.66. The molecule has 2 heterocycles. The molecule has 0 aliphatic heterocycles. The average Bonchev–Trinajstić information content (AvgIpc) is 2.44. The lowest BCUT2D eigenvalue weighted by atomic mass is 10.2. The standard InChI is InChI=1S/C13H13F3N4O/c1-2-3-21-9-4-8(6-18-7-9)10-5-11(17)20-12(19-10)13(14,15)16/h4-7H,2-3H2,1H3,(H2,17,19,20). The quantitative estimate of drug-likeness (QED) is 0.939. The van der Waals surface area contributed by atoms with E-state index in [0.29, 0.717) is 17.9 Å². The molecule has 0 aromatic carbocycles. The molecule has 0 spiro atoms. The van der Waals surface area contributed by atoms with Crippen LogP contribution in [0.5, 0.6) is 5.75 Å². The first kappa shape index (κ1) is 15.0. The third-order valence-corrected chi connectivity index (χ3v) is 2.48. The molecule has 0 amide bonds. The zero-order chi connectivity index (χ0) is 15.5. The summed E-state index contributed by atoms with van der Waals surface area (Å²) in [5.74, 6) is -1.08. The van der Waals surface area contributed by atoms with Crippen molar-refractivity contribution in [1.82, 2.24) is 15.0 Å².